The summed E-state index contributed by atoms with van der Waals surface area (Å²) in [5.74, 6) is -0.415. The van der Waals surface area contributed by atoms with Crippen molar-refractivity contribution in [3.63, 3.8) is 0 Å². The molecule has 0 spiro atoms. The first-order valence-electron chi connectivity index (χ1n) is 8.07. The first kappa shape index (κ1) is 16.0. The van der Waals surface area contributed by atoms with E-state index in [4.69, 9.17) is 4.42 Å². The van der Waals surface area contributed by atoms with Gasteiger partial charge in [0, 0.05) is 11.6 Å². The van der Waals surface area contributed by atoms with Gasteiger partial charge in [-0.1, -0.05) is 43.7 Å². The minimum absolute atomic E-state index is 0.403. The summed E-state index contributed by atoms with van der Waals surface area (Å²) < 4.78 is 4.88. The Morgan fingerprint density at radius 2 is 1.79 bits per heavy atom. The number of hydrogen-bond donors (Lipinski definition) is 1. The van der Waals surface area contributed by atoms with E-state index in [1.54, 1.807) is 24.3 Å². The molecule has 0 aliphatic rings. The summed E-state index contributed by atoms with van der Waals surface area (Å²) in [5.41, 5.74) is 1.92. The predicted octanol–water partition coefficient (Wildman–Crippen LogP) is 4.59. The van der Waals surface area contributed by atoms with Crippen molar-refractivity contribution >= 4 is 22.7 Å². The van der Waals surface area contributed by atoms with Crippen LogP contribution in [-0.2, 0) is 6.42 Å². The number of aromatic hydroxyl groups is 1. The van der Waals surface area contributed by atoms with Gasteiger partial charge in [0.05, 0.1) is 16.6 Å². The van der Waals surface area contributed by atoms with Crippen LogP contribution in [-0.4, -0.2) is 11.3 Å². The van der Waals surface area contributed by atoms with Gasteiger partial charge in [0.25, 0.3) is 5.95 Å². The van der Waals surface area contributed by atoms with E-state index in [1.165, 1.54) is 24.6 Å². The van der Waals surface area contributed by atoms with Crippen LogP contribution in [0.1, 0.15) is 30.9 Å². The van der Waals surface area contributed by atoms with Crippen LogP contribution in [0.4, 0.5) is 5.69 Å². The number of aliphatic imine (C=N–C) groups is 1. The van der Waals surface area contributed by atoms with Crippen molar-refractivity contribution in [1.29, 1.82) is 0 Å². The number of rotatable bonds is 5. The molecule has 0 saturated heterocycles. The Morgan fingerprint density at radius 3 is 2.50 bits per heavy atom. The van der Waals surface area contributed by atoms with E-state index in [1.807, 2.05) is 12.1 Å². The van der Waals surface area contributed by atoms with Crippen molar-refractivity contribution in [3.8, 4) is 5.95 Å². The van der Waals surface area contributed by atoms with Gasteiger partial charge < -0.3 is 9.52 Å². The summed E-state index contributed by atoms with van der Waals surface area (Å²) in [4.78, 5) is 16.2. The average molecular weight is 321 g/mol. The number of unbranched alkanes of at least 4 members (excludes halogenated alkanes) is 1. The third-order valence-corrected chi connectivity index (χ3v) is 3.95. The Hall–Kier alpha value is -2.88. The van der Waals surface area contributed by atoms with Crippen molar-refractivity contribution in [2.45, 2.75) is 26.2 Å². The lowest BCUT2D eigenvalue weighted by Gasteiger charge is -2.03. The fraction of sp³-hybridized carbons (Fsp3) is 0.200. The minimum atomic E-state index is -0.555. The molecule has 1 heterocycles. The van der Waals surface area contributed by atoms with Crippen molar-refractivity contribution in [2.24, 2.45) is 4.99 Å². The van der Waals surface area contributed by atoms with Gasteiger partial charge in [0.15, 0.2) is 0 Å². The topological polar surface area (TPSA) is 62.8 Å². The summed E-state index contributed by atoms with van der Waals surface area (Å²) in [6, 6.07) is 15.0. The molecular formula is C20H19NO3. The normalized spacial score (nSPS) is 11.4. The summed E-state index contributed by atoms with van der Waals surface area (Å²) in [5, 5.41) is 11.0. The van der Waals surface area contributed by atoms with Gasteiger partial charge in [-0.25, -0.2) is 4.79 Å². The van der Waals surface area contributed by atoms with E-state index in [0.29, 0.717) is 16.3 Å². The van der Waals surface area contributed by atoms with Crippen LogP contribution >= 0.6 is 0 Å². The van der Waals surface area contributed by atoms with Gasteiger partial charge >= 0.3 is 5.63 Å². The molecule has 3 rings (SSSR count). The predicted molar refractivity (Wildman–Crippen MR) is 96.5 cm³/mol. The lowest BCUT2D eigenvalue weighted by molar-refractivity contribution is 0.312. The van der Waals surface area contributed by atoms with Gasteiger partial charge in [0.2, 0.25) is 0 Å². The zero-order valence-corrected chi connectivity index (χ0v) is 13.5. The van der Waals surface area contributed by atoms with Crippen LogP contribution in [0.5, 0.6) is 5.95 Å². The molecule has 0 unspecified atom stereocenters. The Morgan fingerprint density at radius 1 is 1.08 bits per heavy atom. The highest BCUT2D eigenvalue weighted by Crippen LogP contribution is 2.23. The number of benzene rings is 2. The molecule has 0 atom stereocenters. The second-order valence-electron chi connectivity index (χ2n) is 5.68. The molecule has 1 N–H and O–H groups in total. The van der Waals surface area contributed by atoms with E-state index < -0.39 is 11.6 Å². The maximum Gasteiger partial charge on any atom is 0.346 e. The van der Waals surface area contributed by atoms with Crippen LogP contribution in [0.25, 0.3) is 10.8 Å². The third-order valence-electron chi connectivity index (χ3n) is 3.95. The number of hydrogen-bond acceptors (Lipinski definition) is 4. The molecular weight excluding hydrogens is 302 g/mol. The highest BCUT2D eigenvalue weighted by atomic mass is 16.5. The van der Waals surface area contributed by atoms with Crippen molar-refractivity contribution in [2.75, 3.05) is 0 Å². The molecule has 4 nitrogen and oxygen atoms in total. The average Bonchev–Trinajstić information content (AvgIpc) is 2.61. The second-order valence-corrected chi connectivity index (χ2v) is 5.68. The van der Waals surface area contributed by atoms with Crippen LogP contribution < -0.4 is 5.63 Å². The van der Waals surface area contributed by atoms with Crippen LogP contribution in [0.2, 0.25) is 0 Å². The molecule has 0 fully saturated rings. The molecule has 4 heteroatoms. The van der Waals surface area contributed by atoms with E-state index in [2.05, 4.69) is 24.0 Å². The summed E-state index contributed by atoms with van der Waals surface area (Å²) >= 11 is 0. The van der Waals surface area contributed by atoms with E-state index in [0.717, 1.165) is 12.1 Å². The SMILES string of the molecule is CCCCc1ccc(N=Cc2c(O)oc(=O)c3ccccc23)cc1. The standard InChI is InChI=1S/C20H19NO3/c1-2-3-6-14-9-11-15(12-10-14)21-13-18-16-7-4-5-8-17(16)19(22)24-20(18)23/h4-5,7-13,23H,2-3,6H2,1H3. The molecule has 0 amide bonds. The molecule has 2 aromatic carbocycles. The molecule has 0 saturated carbocycles. The van der Waals surface area contributed by atoms with Crippen molar-refractivity contribution in [1.82, 2.24) is 0 Å². The maximum atomic E-state index is 11.8. The number of fused-ring (bicyclic) bond motifs is 1. The number of aryl methyl sites for hydroxylation is 1. The highest BCUT2D eigenvalue weighted by Gasteiger charge is 2.10. The zero-order chi connectivity index (χ0) is 16.9. The van der Waals surface area contributed by atoms with E-state index in [9.17, 15) is 9.90 Å². The Balaban J connectivity index is 1.92. The molecule has 0 radical (unpaired) electrons. The largest absolute Gasteiger partial charge is 0.480 e. The van der Waals surface area contributed by atoms with Crippen LogP contribution in [0, 0.1) is 0 Å². The fourth-order valence-corrected chi connectivity index (χ4v) is 2.60. The van der Waals surface area contributed by atoms with Gasteiger partial charge in [-0.3, -0.25) is 4.99 Å². The summed E-state index contributed by atoms with van der Waals surface area (Å²) in [6.07, 6.45) is 4.94. The fourth-order valence-electron chi connectivity index (χ4n) is 2.60. The zero-order valence-electron chi connectivity index (χ0n) is 13.5. The molecule has 3 aromatic rings. The van der Waals surface area contributed by atoms with Gasteiger partial charge in [-0.15, -0.1) is 0 Å². The summed E-state index contributed by atoms with van der Waals surface area (Å²) in [6.45, 7) is 2.17. The summed E-state index contributed by atoms with van der Waals surface area (Å²) in [7, 11) is 0. The third kappa shape index (κ3) is 3.38. The highest BCUT2D eigenvalue weighted by molar-refractivity contribution is 6.01. The Labute approximate surface area is 140 Å². The molecule has 1 aromatic heterocycles. The lowest BCUT2D eigenvalue weighted by Crippen LogP contribution is -2.01. The first-order chi connectivity index (χ1) is 11.7. The monoisotopic (exact) mass is 321 g/mol. The van der Waals surface area contributed by atoms with E-state index >= 15 is 0 Å². The van der Waals surface area contributed by atoms with Crippen molar-refractivity contribution < 1.29 is 9.52 Å². The Bertz CT molecular complexity index is 924. The van der Waals surface area contributed by atoms with Gasteiger partial charge in [-0.05, 0) is 36.6 Å². The molecule has 0 aliphatic carbocycles. The maximum absolute atomic E-state index is 11.8. The Kier molecular flexibility index (Phi) is 4.75. The van der Waals surface area contributed by atoms with Gasteiger partial charge in [0.1, 0.15) is 0 Å². The van der Waals surface area contributed by atoms with Gasteiger partial charge in [-0.2, -0.15) is 0 Å². The molecule has 24 heavy (non-hydrogen) atoms. The lowest BCUT2D eigenvalue weighted by atomic mass is 10.1. The smallest absolute Gasteiger partial charge is 0.346 e. The van der Waals surface area contributed by atoms with Crippen molar-refractivity contribution in [3.05, 3.63) is 70.1 Å². The minimum Gasteiger partial charge on any atom is -0.480 e. The molecule has 0 aliphatic heterocycles. The quantitative estimate of drug-likeness (QED) is 0.699. The number of nitrogens with zero attached hydrogens (tertiary/aromatic N) is 1. The molecule has 122 valence electrons. The van der Waals surface area contributed by atoms with Crippen LogP contribution in [0.15, 0.2) is 62.7 Å². The van der Waals surface area contributed by atoms with E-state index in [-0.39, 0.29) is 0 Å². The second kappa shape index (κ2) is 7.13. The van der Waals surface area contributed by atoms with Crippen LogP contribution in [0.3, 0.4) is 0 Å². The molecule has 0 bridgehead atoms. The first-order valence-corrected chi connectivity index (χ1v) is 8.07.